The molecule has 9 nitrogen and oxygen atoms in total. The number of rotatable bonds is 8. The van der Waals surface area contributed by atoms with Crippen molar-refractivity contribution in [2.75, 3.05) is 25.1 Å². The van der Waals surface area contributed by atoms with Gasteiger partial charge >= 0.3 is 6.18 Å². The number of unbranched alkanes of at least 4 members (excludes halogenated alkanes) is 2. The molecule has 1 aromatic carbocycles. The summed E-state index contributed by atoms with van der Waals surface area (Å²) in [5.41, 5.74) is 8.47. The Labute approximate surface area is 220 Å². The van der Waals surface area contributed by atoms with E-state index < -0.39 is 28.8 Å². The third kappa shape index (κ3) is 8.26. The van der Waals surface area contributed by atoms with Crippen molar-refractivity contribution in [2.24, 2.45) is 0 Å². The fourth-order valence-corrected chi connectivity index (χ4v) is 3.26. The first-order valence-corrected chi connectivity index (χ1v) is 11.6. The Balaban J connectivity index is 0.000000352. The van der Waals surface area contributed by atoms with Crippen molar-refractivity contribution in [1.29, 1.82) is 0 Å². The number of hydrogen-bond donors (Lipinski definition) is 3. The second-order valence-electron chi connectivity index (χ2n) is 8.04. The van der Waals surface area contributed by atoms with Gasteiger partial charge in [-0.1, -0.05) is 31.4 Å². The Hall–Kier alpha value is -4.00. The molecule has 5 N–H and O–H groups in total. The monoisotopic (exact) mass is 555 g/mol. The molecule has 0 saturated carbocycles. The predicted octanol–water partition coefficient (Wildman–Crippen LogP) is 4.79. The number of nitrogens with two attached hydrogens (primary N) is 2. The predicted molar refractivity (Wildman–Crippen MR) is 138 cm³/mol. The quantitative estimate of drug-likeness (QED) is 0.204. The van der Waals surface area contributed by atoms with Gasteiger partial charge in [-0.25, -0.2) is 19.5 Å². The number of nitrogens with one attached hydrogen (secondary N) is 1. The van der Waals surface area contributed by atoms with E-state index in [4.69, 9.17) is 23.1 Å². The summed E-state index contributed by atoms with van der Waals surface area (Å²) in [5, 5.41) is 4.80. The van der Waals surface area contributed by atoms with Crippen LogP contribution in [0.15, 0.2) is 35.5 Å². The number of carbonyl (C=O) groups excluding carboxylic acids is 1. The summed E-state index contributed by atoms with van der Waals surface area (Å²) in [5.74, 6) is -0.549. The highest BCUT2D eigenvalue weighted by Crippen LogP contribution is 2.29. The highest BCUT2D eigenvalue weighted by molar-refractivity contribution is 6.31. The average molecular weight is 556 g/mol. The highest BCUT2D eigenvalue weighted by Gasteiger charge is 2.36. The lowest BCUT2D eigenvalue weighted by atomic mass is 10.0. The molecule has 38 heavy (non-hydrogen) atoms. The third-order valence-corrected chi connectivity index (χ3v) is 5.41. The number of benzene rings is 1. The number of halogens is 5. The van der Waals surface area contributed by atoms with Crippen LogP contribution in [0.25, 0.3) is 17.3 Å². The Morgan fingerprint density at radius 1 is 1.16 bits per heavy atom. The fraction of sp³-hybridized carbons (Fsp3) is 0.292. The van der Waals surface area contributed by atoms with E-state index in [9.17, 15) is 27.2 Å². The van der Waals surface area contributed by atoms with Gasteiger partial charge in [-0.15, -0.1) is 0 Å². The van der Waals surface area contributed by atoms with Crippen molar-refractivity contribution < 1.29 is 22.4 Å². The Morgan fingerprint density at radius 2 is 1.87 bits per heavy atom. The summed E-state index contributed by atoms with van der Waals surface area (Å²) in [7, 11) is 1.96. The summed E-state index contributed by atoms with van der Waals surface area (Å²) in [6, 6.07) is 2.75. The lowest BCUT2D eigenvalue weighted by Gasteiger charge is -2.14. The molecule has 2 aromatic heterocycles. The van der Waals surface area contributed by atoms with E-state index in [1.165, 1.54) is 12.3 Å². The zero-order valence-corrected chi connectivity index (χ0v) is 21.3. The number of nitrogens with zero attached hydrogens (tertiary/aromatic N) is 4. The summed E-state index contributed by atoms with van der Waals surface area (Å²) in [6.45, 7) is 3.06. The van der Waals surface area contributed by atoms with Gasteiger partial charge in [0.25, 0.3) is 5.56 Å². The van der Waals surface area contributed by atoms with Crippen molar-refractivity contribution in [3.63, 3.8) is 0 Å². The topological polar surface area (TPSA) is 144 Å². The van der Waals surface area contributed by atoms with Crippen molar-refractivity contribution in [3.05, 3.63) is 68.7 Å². The molecule has 0 radical (unpaired) electrons. The second kappa shape index (κ2) is 13.5. The molecular formula is C24H26ClF4N7O2. The van der Waals surface area contributed by atoms with Crippen LogP contribution in [0, 0.1) is 5.82 Å². The molecule has 0 bridgehead atoms. The largest absolute Gasteiger partial charge is 0.423 e. The molecule has 0 aliphatic carbocycles. The number of aromatic amines is 1. The minimum absolute atomic E-state index is 0.0239. The molecule has 0 aliphatic rings. The van der Waals surface area contributed by atoms with E-state index in [1.807, 2.05) is 18.1 Å². The summed E-state index contributed by atoms with van der Waals surface area (Å²) < 4.78 is 50.3. The molecule has 3 rings (SSSR count). The van der Waals surface area contributed by atoms with E-state index in [2.05, 4.69) is 22.0 Å². The molecule has 14 heteroatoms. The molecule has 0 amide bonds. The SMILES string of the molecule is CCCCCN(C)/C=C\c1cc(-c2cnc(Cl)c(N)n2)c(F)cc1C=O.Nc1cn[nH]c(=O)c1C(F)(F)F. The molecule has 3 aromatic rings. The summed E-state index contributed by atoms with van der Waals surface area (Å²) >= 11 is 5.77. The van der Waals surface area contributed by atoms with Gasteiger partial charge in [0.15, 0.2) is 17.3 Å². The number of aldehydes is 1. The first-order valence-electron chi connectivity index (χ1n) is 11.2. The molecule has 0 spiro atoms. The van der Waals surface area contributed by atoms with Crippen LogP contribution in [0.2, 0.25) is 5.15 Å². The zero-order valence-electron chi connectivity index (χ0n) is 20.5. The maximum atomic E-state index is 14.4. The summed E-state index contributed by atoms with van der Waals surface area (Å²) in [4.78, 5) is 31.9. The van der Waals surface area contributed by atoms with Crippen LogP contribution >= 0.6 is 11.6 Å². The van der Waals surface area contributed by atoms with Crippen molar-refractivity contribution in [3.8, 4) is 11.3 Å². The summed E-state index contributed by atoms with van der Waals surface area (Å²) in [6.07, 6.45) is 5.05. The van der Waals surface area contributed by atoms with E-state index in [-0.39, 0.29) is 27.8 Å². The number of aromatic nitrogens is 4. The zero-order chi connectivity index (χ0) is 28.5. The Kier molecular flexibility index (Phi) is 10.8. The van der Waals surface area contributed by atoms with Gasteiger partial charge in [-0.05, 0) is 36.4 Å². The van der Waals surface area contributed by atoms with E-state index in [0.717, 1.165) is 32.0 Å². The van der Waals surface area contributed by atoms with Crippen LogP contribution in [0.4, 0.5) is 29.1 Å². The minimum atomic E-state index is -4.74. The molecular weight excluding hydrogens is 530 g/mol. The Bertz CT molecular complexity index is 1350. The normalized spacial score (nSPS) is 11.2. The smallest absolute Gasteiger partial charge is 0.397 e. The van der Waals surface area contributed by atoms with Crippen LogP contribution in [-0.2, 0) is 6.18 Å². The number of hydrogen-bond acceptors (Lipinski definition) is 8. The third-order valence-electron chi connectivity index (χ3n) is 5.12. The Morgan fingerprint density at radius 3 is 2.42 bits per heavy atom. The van der Waals surface area contributed by atoms with E-state index in [0.29, 0.717) is 11.8 Å². The lowest BCUT2D eigenvalue weighted by molar-refractivity contribution is -0.138. The molecule has 204 valence electrons. The molecule has 0 atom stereocenters. The maximum Gasteiger partial charge on any atom is 0.423 e. The second-order valence-corrected chi connectivity index (χ2v) is 8.40. The van der Waals surface area contributed by atoms with Crippen LogP contribution in [0.1, 0.15) is 47.7 Å². The van der Waals surface area contributed by atoms with Crippen LogP contribution in [-0.4, -0.2) is 44.9 Å². The molecule has 0 aliphatic heterocycles. The van der Waals surface area contributed by atoms with Gasteiger partial charge in [-0.3, -0.25) is 9.59 Å². The van der Waals surface area contributed by atoms with Gasteiger partial charge in [0.1, 0.15) is 11.4 Å². The molecule has 2 heterocycles. The maximum absolute atomic E-state index is 14.4. The fourth-order valence-electron chi connectivity index (χ4n) is 3.16. The van der Waals surface area contributed by atoms with E-state index in [1.54, 1.807) is 17.2 Å². The van der Waals surface area contributed by atoms with Crippen molar-refractivity contribution in [1.82, 2.24) is 25.1 Å². The number of alkyl halides is 3. The van der Waals surface area contributed by atoms with Crippen molar-refractivity contribution in [2.45, 2.75) is 32.4 Å². The van der Waals surface area contributed by atoms with Gasteiger partial charge in [0, 0.05) is 24.7 Å². The van der Waals surface area contributed by atoms with Crippen molar-refractivity contribution >= 4 is 35.5 Å². The van der Waals surface area contributed by atoms with Gasteiger partial charge < -0.3 is 16.4 Å². The first-order chi connectivity index (χ1) is 17.9. The van der Waals surface area contributed by atoms with Gasteiger partial charge in [0.05, 0.1) is 23.8 Å². The van der Waals surface area contributed by atoms with Gasteiger partial charge in [0.2, 0.25) is 0 Å². The van der Waals surface area contributed by atoms with Gasteiger partial charge in [-0.2, -0.15) is 18.3 Å². The minimum Gasteiger partial charge on any atom is -0.397 e. The van der Waals surface area contributed by atoms with Crippen LogP contribution in [0.5, 0.6) is 0 Å². The molecule has 0 unspecified atom stereocenters. The molecule has 0 fully saturated rings. The lowest BCUT2D eigenvalue weighted by Crippen LogP contribution is -2.24. The standard InChI is InChI=1S/C19H22ClFN4O.C5H4F3N3O/c1-3-4-5-7-25(2)8-6-13-9-15(16(21)10-14(13)12-26)17-11-23-18(20)19(22)24-17;6-5(7,8)3-2(9)1-10-11-4(3)12/h6,8-12H,3-5,7H2,1-2H3,(H2,22,24);1H,(H3,9,11,12)/b8-6-;. The molecule has 0 saturated heterocycles. The van der Waals surface area contributed by atoms with E-state index >= 15 is 0 Å². The number of H-pyrrole nitrogens is 1. The van der Waals surface area contributed by atoms with Crippen LogP contribution in [0.3, 0.4) is 0 Å². The van der Waals surface area contributed by atoms with Crippen LogP contribution < -0.4 is 17.0 Å². The first kappa shape index (κ1) is 30.2. The average Bonchev–Trinajstić information content (AvgIpc) is 2.84. The highest BCUT2D eigenvalue weighted by atomic mass is 35.5. The number of anilines is 2. The number of nitrogen functional groups attached to an aromatic ring is 2. The number of carbonyl (C=O) groups is 1.